The van der Waals surface area contributed by atoms with E-state index in [9.17, 15) is 10.1 Å². The van der Waals surface area contributed by atoms with Crippen molar-refractivity contribution in [3.8, 4) is 28.3 Å². The van der Waals surface area contributed by atoms with Crippen molar-refractivity contribution in [2.45, 2.75) is 6.92 Å². The van der Waals surface area contributed by atoms with Crippen molar-refractivity contribution in [3.05, 3.63) is 83.4 Å². The molecule has 0 amide bonds. The van der Waals surface area contributed by atoms with Gasteiger partial charge in [-0.25, -0.2) is 4.79 Å². The fourth-order valence-corrected chi connectivity index (χ4v) is 2.79. The molecule has 0 unspecified atom stereocenters. The maximum atomic E-state index is 11.1. The van der Waals surface area contributed by atoms with E-state index in [-0.39, 0.29) is 5.56 Å². The van der Waals surface area contributed by atoms with E-state index in [1.165, 1.54) is 0 Å². The van der Waals surface area contributed by atoms with Gasteiger partial charge in [0.25, 0.3) is 0 Å². The molecule has 3 heteroatoms. The predicted molar refractivity (Wildman–Crippen MR) is 93.7 cm³/mol. The number of nitrogens with zero attached hydrogens (tertiary/aromatic N) is 1. The third-order valence-corrected chi connectivity index (χ3v) is 4.01. The number of rotatable bonds is 3. The van der Waals surface area contributed by atoms with Gasteiger partial charge in [-0.1, -0.05) is 48.5 Å². The van der Waals surface area contributed by atoms with Crippen molar-refractivity contribution in [1.82, 2.24) is 0 Å². The molecule has 0 aromatic heterocycles. The minimum Gasteiger partial charge on any atom is -0.478 e. The summed E-state index contributed by atoms with van der Waals surface area (Å²) in [6, 6.07) is 22.8. The summed E-state index contributed by atoms with van der Waals surface area (Å²) in [5.74, 6) is -0.943. The second kappa shape index (κ2) is 6.39. The minimum absolute atomic E-state index is 0.262. The van der Waals surface area contributed by atoms with Crippen LogP contribution in [0.3, 0.4) is 0 Å². The summed E-state index contributed by atoms with van der Waals surface area (Å²) < 4.78 is 0. The molecular weight excluding hydrogens is 298 g/mol. The summed E-state index contributed by atoms with van der Waals surface area (Å²) in [6.07, 6.45) is 0. The first-order valence-electron chi connectivity index (χ1n) is 7.54. The van der Waals surface area contributed by atoms with E-state index in [0.29, 0.717) is 5.56 Å². The Hall–Kier alpha value is -3.38. The van der Waals surface area contributed by atoms with Gasteiger partial charge in [0.2, 0.25) is 0 Å². The molecule has 3 aromatic carbocycles. The van der Waals surface area contributed by atoms with Crippen LogP contribution in [0.2, 0.25) is 0 Å². The van der Waals surface area contributed by atoms with Crippen LogP contribution in [0, 0.1) is 18.3 Å². The lowest BCUT2D eigenvalue weighted by atomic mass is 9.93. The standard InChI is InChI=1S/C21H15NO2/c1-14-11-17(21(23)24)8-9-19(14)16-7-10-20(18(12-16)13-22)15-5-3-2-4-6-15/h2-12H,1H3,(H,23,24). The molecule has 0 atom stereocenters. The second-order valence-electron chi connectivity index (χ2n) is 5.57. The third-order valence-electron chi connectivity index (χ3n) is 4.01. The van der Waals surface area contributed by atoms with Gasteiger partial charge in [0.1, 0.15) is 0 Å². The molecule has 0 saturated heterocycles. The maximum absolute atomic E-state index is 11.1. The average Bonchev–Trinajstić information content (AvgIpc) is 2.61. The normalized spacial score (nSPS) is 10.2. The monoisotopic (exact) mass is 313 g/mol. The van der Waals surface area contributed by atoms with Crippen molar-refractivity contribution in [2.75, 3.05) is 0 Å². The second-order valence-corrected chi connectivity index (χ2v) is 5.57. The van der Waals surface area contributed by atoms with E-state index < -0.39 is 5.97 Å². The van der Waals surface area contributed by atoms with Crippen LogP contribution in [-0.2, 0) is 0 Å². The van der Waals surface area contributed by atoms with E-state index in [1.807, 2.05) is 55.5 Å². The van der Waals surface area contributed by atoms with Crippen LogP contribution in [0.25, 0.3) is 22.3 Å². The topological polar surface area (TPSA) is 61.1 Å². The first-order chi connectivity index (χ1) is 11.6. The highest BCUT2D eigenvalue weighted by Gasteiger charge is 2.10. The molecule has 0 aliphatic carbocycles. The maximum Gasteiger partial charge on any atom is 0.335 e. The molecule has 3 aromatic rings. The van der Waals surface area contributed by atoms with Gasteiger partial charge in [0.05, 0.1) is 17.2 Å². The molecule has 0 saturated carbocycles. The number of aromatic carboxylic acids is 1. The van der Waals surface area contributed by atoms with Gasteiger partial charge in [-0.2, -0.15) is 5.26 Å². The smallest absolute Gasteiger partial charge is 0.335 e. The molecule has 0 heterocycles. The number of hydrogen-bond acceptors (Lipinski definition) is 2. The Balaban J connectivity index is 2.08. The Labute approximate surface area is 140 Å². The predicted octanol–water partition coefficient (Wildman–Crippen LogP) is 4.90. The van der Waals surface area contributed by atoms with Crippen LogP contribution in [0.5, 0.6) is 0 Å². The Morgan fingerprint density at radius 1 is 0.917 bits per heavy atom. The number of hydrogen-bond donors (Lipinski definition) is 1. The summed E-state index contributed by atoms with van der Waals surface area (Å²) in [5.41, 5.74) is 5.45. The Bertz CT molecular complexity index is 953. The SMILES string of the molecule is Cc1cc(C(=O)O)ccc1-c1ccc(-c2ccccc2)c(C#N)c1. The highest BCUT2D eigenvalue weighted by atomic mass is 16.4. The number of aryl methyl sites for hydroxylation is 1. The van der Waals surface area contributed by atoms with E-state index in [4.69, 9.17) is 5.11 Å². The number of nitriles is 1. The molecule has 3 nitrogen and oxygen atoms in total. The number of carboxylic acids is 1. The number of carboxylic acid groups (broad SMARTS) is 1. The highest BCUT2D eigenvalue weighted by Crippen LogP contribution is 2.30. The molecule has 3 rings (SSSR count). The third kappa shape index (κ3) is 2.90. The van der Waals surface area contributed by atoms with E-state index in [0.717, 1.165) is 27.8 Å². The molecule has 0 radical (unpaired) electrons. The zero-order chi connectivity index (χ0) is 17.1. The fourth-order valence-electron chi connectivity index (χ4n) is 2.79. The Morgan fingerprint density at radius 3 is 2.25 bits per heavy atom. The van der Waals surface area contributed by atoms with Gasteiger partial charge in [-0.15, -0.1) is 0 Å². The van der Waals surface area contributed by atoms with Crippen molar-refractivity contribution in [2.24, 2.45) is 0 Å². The molecular formula is C21H15NO2. The Morgan fingerprint density at radius 2 is 1.62 bits per heavy atom. The first kappa shape index (κ1) is 15.5. The number of benzene rings is 3. The lowest BCUT2D eigenvalue weighted by molar-refractivity contribution is 0.0697. The average molecular weight is 313 g/mol. The van der Waals surface area contributed by atoms with Gasteiger partial charge < -0.3 is 5.11 Å². The summed E-state index contributed by atoms with van der Waals surface area (Å²) in [6.45, 7) is 1.87. The van der Waals surface area contributed by atoms with Crippen molar-refractivity contribution in [1.29, 1.82) is 5.26 Å². The number of carbonyl (C=O) groups is 1. The molecule has 1 N–H and O–H groups in total. The minimum atomic E-state index is -0.943. The summed E-state index contributed by atoms with van der Waals surface area (Å²) in [4.78, 5) is 11.1. The van der Waals surface area contributed by atoms with Crippen LogP contribution in [-0.4, -0.2) is 11.1 Å². The largest absolute Gasteiger partial charge is 0.478 e. The van der Waals surface area contributed by atoms with Gasteiger partial charge in [-0.3, -0.25) is 0 Å². The fraction of sp³-hybridized carbons (Fsp3) is 0.0476. The van der Waals surface area contributed by atoms with Crippen LogP contribution in [0.1, 0.15) is 21.5 Å². The first-order valence-corrected chi connectivity index (χ1v) is 7.54. The molecule has 0 aliphatic heterocycles. The van der Waals surface area contributed by atoms with Gasteiger partial charge >= 0.3 is 5.97 Å². The lowest BCUT2D eigenvalue weighted by Crippen LogP contribution is -1.97. The van der Waals surface area contributed by atoms with Crippen molar-refractivity contribution in [3.63, 3.8) is 0 Å². The lowest BCUT2D eigenvalue weighted by Gasteiger charge is -2.10. The van der Waals surface area contributed by atoms with E-state index in [1.54, 1.807) is 18.2 Å². The summed E-state index contributed by atoms with van der Waals surface area (Å²) in [7, 11) is 0. The Kier molecular flexibility index (Phi) is 4.13. The highest BCUT2D eigenvalue weighted by molar-refractivity contribution is 5.89. The van der Waals surface area contributed by atoms with Gasteiger partial charge in [0, 0.05) is 0 Å². The zero-order valence-electron chi connectivity index (χ0n) is 13.2. The summed E-state index contributed by atoms with van der Waals surface area (Å²) >= 11 is 0. The van der Waals surface area contributed by atoms with Crippen molar-refractivity contribution >= 4 is 5.97 Å². The molecule has 0 fully saturated rings. The molecule has 24 heavy (non-hydrogen) atoms. The molecule has 0 aliphatic rings. The zero-order valence-corrected chi connectivity index (χ0v) is 13.2. The van der Waals surface area contributed by atoms with Crippen LogP contribution >= 0.6 is 0 Å². The molecule has 0 bridgehead atoms. The summed E-state index contributed by atoms with van der Waals surface area (Å²) in [5, 5.41) is 18.6. The van der Waals surface area contributed by atoms with Gasteiger partial charge in [0.15, 0.2) is 0 Å². The quantitative estimate of drug-likeness (QED) is 0.748. The molecule has 0 spiro atoms. The van der Waals surface area contributed by atoms with Gasteiger partial charge in [-0.05, 0) is 52.9 Å². The van der Waals surface area contributed by atoms with Crippen LogP contribution < -0.4 is 0 Å². The van der Waals surface area contributed by atoms with E-state index in [2.05, 4.69) is 6.07 Å². The van der Waals surface area contributed by atoms with Crippen LogP contribution in [0.4, 0.5) is 0 Å². The van der Waals surface area contributed by atoms with E-state index >= 15 is 0 Å². The molecule has 116 valence electrons. The van der Waals surface area contributed by atoms with Crippen molar-refractivity contribution < 1.29 is 9.90 Å². The van der Waals surface area contributed by atoms with Crippen LogP contribution in [0.15, 0.2) is 66.7 Å².